The third-order valence-corrected chi connectivity index (χ3v) is 7.03. The van der Waals surface area contributed by atoms with E-state index in [1.165, 1.54) is 6.42 Å². The second-order valence-corrected chi connectivity index (χ2v) is 9.00. The van der Waals surface area contributed by atoms with Crippen LogP contribution in [-0.4, -0.2) is 38.9 Å². The second kappa shape index (κ2) is 11.2. The Morgan fingerprint density at radius 2 is 2.04 bits per heavy atom. The van der Waals surface area contributed by atoms with Crippen molar-refractivity contribution in [2.75, 3.05) is 0 Å². The molecule has 2 aliphatic carbocycles. The first-order valence-electron chi connectivity index (χ1n) is 10.5. The number of rotatable bonds is 12. The standard InChI is InChI=1S/C23H35ClO4/c1-2-13-23(14-8-15-23)21(26)11-7-10-18-17(19(24)16-20(18)25)9-5-3-4-6-12-22(27)28/h2-3,5,7,10,17-21,25-26H,1,4,6,8-9,11-16H2,(H,27,28)/b5-3+,10-7+/t17-,18-,19-,20-,21-/m1/s1. The number of hydrogen-bond donors (Lipinski definition) is 3. The summed E-state index contributed by atoms with van der Waals surface area (Å²) in [6.07, 6.45) is 16.9. The maximum absolute atomic E-state index is 10.6. The zero-order valence-corrected chi connectivity index (χ0v) is 17.4. The van der Waals surface area contributed by atoms with Crippen molar-refractivity contribution in [1.29, 1.82) is 0 Å². The van der Waals surface area contributed by atoms with E-state index in [4.69, 9.17) is 16.7 Å². The summed E-state index contributed by atoms with van der Waals surface area (Å²) in [5, 5.41) is 29.6. The summed E-state index contributed by atoms with van der Waals surface area (Å²) < 4.78 is 0. The molecular formula is C23H35ClO4. The molecule has 3 N–H and O–H groups in total. The molecule has 0 saturated heterocycles. The number of hydrogen-bond acceptors (Lipinski definition) is 3. The van der Waals surface area contributed by atoms with Crippen LogP contribution in [0.4, 0.5) is 0 Å². The van der Waals surface area contributed by atoms with Gasteiger partial charge in [0.2, 0.25) is 0 Å². The molecule has 0 unspecified atom stereocenters. The van der Waals surface area contributed by atoms with Crippen molar-refractivity contribution in [2.45, 2.75) is 81.8 Å². The van der Waals surface area contributed by atoms with E-state index in [1.54, 1.807) is 0 Å². The van der Waals surface area contributed by atoms with E-state index < -0.39 is 12.1 Å². The lowest BCUT2D eigenvalue weighted by Crippen LogP contribution is -2.40. The molecule has 2 fully saturated rings. The molecular weight excluding hydrogens is 376 g/mol. The Morgan fingerprint density at radius 3 is 2.64 bits per heavy atom. The highest BCUT2D eigenvalue weighted by Gasteiger charge is 2.42. The molecule has 158 valence electrons. The van der Waals surface area contributed by atoms with Gasteiger partial charge in [-0.15, -0.1) is 18.2 Å². The van der Waals surface area contributed by atoms with E-state index in [0.717, 1.165) is 32.1 Å². The Labute approximate surface area is 174 Å². The third kappa shape index (κ3) is 6.20. The van der Waals surface area contributed by atoms with E-state index in [1.807, 2.05) is 24.3 Å². The molecule has 2 rings (SSSR count). The van der Waals surface area contributed by atoms with E-state index in [9.17, 15) is 15.0 Å². The summed E-state index contributed by atoms with van der Waals surface area (Å²) in [6.45, 7) is 3.82. The van der Waals surface area contributed by atoms with Gasteiger partial charge in [-0.2, -0.15) is 0 Å². The third-order valence-electron chi connectivity index (χ3n) is 6.53. The van der Waals surface area contributed by atoms with Gasteiger partial charge in [0.1, 0.15) is 0 Å². The zero-order valence-electron chi connectivity index (χ0n) is 16.7. The van der Waals surface area contributed by atoms with E-state index >= 15 is 0 Å². The molecule has 2 aliphatic rings. The fourth-order valence-corrected chi connectivity index (χ4v) is 5.07. The predicted molar refractivity (Wildman–Crippen MR) is 113 cm³/mol. The lowest BCUT2D eigenvalue weighted by atomic mass is 9.62. The summed E-state index contributed by atoms with van der Waals surface area (Å²) in [5.74, 6) is -0.612. The number of carbonyl (C=O) groups is 1. The van der Waals surface area contributed by atoms with Crippen molar-refractivity contribution in [2.24, 2.45) is 17.3 Å². The number of unbranched alkanes of at least 4 members (excludes halogenated alkanes) is 1. The van der Waals surface area contributed by atoms with Crippen LogP contribution in [0.2, 0.25) is 0 Å². The predicted octanol–water partition coefficient (Wildman–Crippen LogP) is 4.85. The fourth-order valence-electron chi connectivity index (χ4n) is 4.61. The number of aliphatic carboxylic acids is 1. The van der Waals surface area contributed by atoms with Gasteiger partial charge in [0.15, 0.2) is 0 Å². The van der Waals surface area contributed by atoms with E-state index in [0.29, 0.717) is 19.3 Å². The van der Waals surface area contributed by atoms with Gasteiger partial charge >= 0.3 is 5.97 Å². The largest absolute Gasteiger partial charge is 0.481 e. The van der Waals surface area contributed by atoms with Crippen LogP contribution in [0.1, 0.15) is 64.2 Å². The number of alkyl halides is 1. The van der Waals surface area contributed by atoms with Crippen LogP contribution in [0, 0.1) is 17.3 Å². The highest BCUT2D eigenvalue weighted by molar-refractivity contribution is 6.21. The van der Waals surface area contributed by atoms with Gasteiger partial charge in [-0.05, 0) is 57.3 Å². The van der Waals surface area contributed by atoms with Crippen molar-refractivity contribution in [3.05, 3.63) is 37.0 Å². The molecule has 0 bridgehead atoms. The maximum Gasteiger partial charge on any atom is 0.303 e. The van der Waals surface area contributed by atoms with Gasteiger partial charge < -0.3 is 15.3 Å². The Balaban J connectivity index is 1.85. The topological polar surface area (TPSA) is 77.8 Å². The number of carboxylic acids is 1. The van der Waals surface area contributed by atoms with Gasteiger partial charge in [0, 0.05) is 23.1 Å². The SMILES string of the molecule is C=CCC1([C@H](O)C/C=C/[C@@H]2[C@@H](C/C=C/CCCC(=O)O)[C@H](Cl)C[C@H]2O)CCC1. The zero-order chi connectivity index (χ0) is 20.6. The van der Waals surface area contributed by atoms with Crippen molar-refractivity contribution in [1.82, 2.24) is 0 Å². The summed E-state index contributed by atoms with van der Waals surface area (Å²) in [7, 11) is 0. The fraction of sp³-hybridized carbons (Fsp3) is 0.696. The molecule has 5 heteroatoms. The first-order chi connectivity index (χ1) is 13.4. The molecule has 0 radical (unpaired) electrons. The number of allylic oxidation sites excluding steroid dienone is 3. The lowest BCUT2D eigenvalue weighted by molar-refractivity contribution is -0.137. The minimum atomic E-state index is -0.766. The van der Waals surface area contributed by atoms with Gasteiger partial charge in [-0.1, -0.05) is 36.8 Å². The van der Waals surface area contributed by atoms with Crippen molar-refractivity contribution < 1.29 is 20.1 Å². The Bertz CT molecular complexity index is 567. The summed E-state index contributed by atoms with van der Waals surface area (Å²) >= 11 is 6.47. The van der Waals surface area contributed by atoms with Gasteiger partial charge in [-0.25, -0.2) is 0 Å². The minimum Gasteiger partial charge on any atom is -0.481 e. The summed E-state index contributed by atoms with van der Waals surface area (Å²) in [5.41, 5.74) is -0.00646. The molecule has 5 atom stereocenters. The van der Waals surface area contributed by atoms with Crippen LogP contribution in [0.3, 0.4) is 0 Å². The molecule has 0 aliphatic heterocycles. The van der Waals surface area contributed by atoms with Crippen molar-refractivity contribution in [3.63, 3.8) is 0 Å². The first kappa shape index (κ1) is 23.2. The Morgan fingerprint density at radius 1 is 1.29 bits per heavy atom. The Hall–Kier alpha value is -1.10. The van der Waals surface area contributed by atoms with Crippen LogP contribution < -0.4 is 0 Å². The molecule has 0 heterocycles. The average Bonchev–Trinajstić information content (AvgIpc) is 2.87. The van der Waals surface area contributed by atoms with Crippen LogP contribution in [0.25, 0.3) is 0 Å². The molecule has 0 amide bonds. The number of aliphatic hydroxyl groups is 2. The minimum absolute atomic E-state index is 0.00452. The normalized spacial score (nSPS) is 30.5. The highest BCUT2D eigenvalue weighted by Crippen LogP contribution is 2.48. The monoisotopic (exact) mass is 410 g/mol. The second-order valence-electron chi connectivity index (χ2n) is 8.44. The van der Waals surface area contributed by atoms with E-state index in [2.05, 4.69) is 12.7 Å². The molecule has 4 nitrogen and oxygen atoms in total. The molecule has 0 aromatic heterocycles. The Kier molecular flexibility index (Phi) is 9.26. The van der Waals surface area contributed by atoms with Gasteiger partial charge in [0.25, 0.3) is 0 Å². The van der Waals surface area contributed by atoms with Gasteiger partial charge in [-0.3, -0.25) is 4.79 Å². The van der Waals surface area contributed by atoms with E-state index in [-0.39, 0.29) is 35.2 Å². The van der Waals surface area contributed by atoms with Crippen molar-refractivity contribution in [3.8, 4) is 0 Å². The van der Waals surface area contributed by atoms with Crippen LogP contribution >= 0.6 is 11.6 Å². The molecule has 28 heavy (non-hydrogen) atoms. The maximum atomic E-state index is 10.6. The number of aliphatic hydroxyl groups excluding tert-OH is 2. The molecule has 0 aromatic carbocycles. The summed E-state index contributed by atoms with van der Waals surface area (Å²) in [4.78, 5) is 10.5. The first-order valence-corrected chi connectivity index (χ1v) is 11.0. The quantitative estimate of drug-likeness (QED) is 0.244. The van der Waals surface area contributed by atoms with Crippen LogP contribution in [0.5, 0.6) is 0 Å². The lowest BCUT2D eigenvalue weighted by Gasteiger charge is -2.45. The number of halogens is 1. The van der Waals surface area contributed by atoms with Crippen molar-refractivity contribution >= 4 is 17.6 Å². The van der Waals surface area contributed by atoms with Crippen LogP contribution in [-0.2, 0) is 4.79 Å². The van der Waals surface area contributed by atoms with Gasteiger partial charge in [0.05, 0.1) is 12.2 Å². The summed E-state index contributed by atoms with van der Waals surface area (Å²) in [6, 6.07) is 0. The average molecular weight is 411 g/mol. The van der Waals surface area contributed by atoms with Crippen LogP contribution in [0.15, 0.2) is 37.0 Å². The molecule has 0 spiro atoms. The smallest absolute Gasteiger partial charge is 0.303 e. The molecule has 0 aromatic rings. The molecule has 2 saturated carbocycles. The highest BCUT2D eigenvalue weighted by atomic mass is 35.5. The number of carboxylic acid groups (broad SMARTS) is 1.